The van der Waals surface area contributed by atoms with Gasteiger partial charge in [0, 0.05) is 0 Å². The number of hydrogen-bond donors (Lipinski definition) is 1. The molecule has 4 nitrogen and oxygen atoms in total. The van der Waals surface area contributed by atoms with E-state index < -0.39 is 0 Å². The van der Waals surface area contributed by atoms with Crippen LogP contribution in [-0.4, -0.2) is 20.1 Å². The Hall–Kier alpha value is -2.07. The number of phenols is 1. The highest BCUT2D eigenvalue weighted by molar-refractivity contribution is 6.32. The fourth-order valence-electron chi connectivity index (χ4n) is 2.14. The summed E-state index contributed by atoms with van der Waals surface area (Å²) in [4.78, 5) is 1.43. The number of aromatic hydroxyl groups is 1. The Morgan fingerprint density at radius 3 is 2.14 bits per heavy atom. The average Bonchev–Trinajstić information content (AvgIpc) is 2.84. The number of hydrogen-bond acceptors (Lipinski definition) is 3. The first-order chi connectivity index (χ1) is 9.86. The van der Waals surface area contributed by atoms with Gasteiger partial charge in [-0.05, 0) is 35.2 Å². The van der Waals surface area contributed by atoms with Crippen LogP contribution in [0, 0.1) is 0 Å². The summed E-state index contributed by atoms with van der Waals surface area (Å²) >= 11 is 6.15. The Morgan fingerprint density at radius 1 is 1.05 bits per heavy atom. The van der Waals surface area contributed by atoms with Gasteiger partial charge in [-0.3, -0.25) is 0 Å². The predicted octanol–water partition coefficient (Wildman–Crippen LogP) is 4.08. The monoisotopic (exact) mass is 301 g/mol. The van der Waals surface area contributed by atoms with Crippen LogP contribution in [0.4, 0.5) is 0 Å². The average molecular weight is 302 g/mol. The highest BCUT2D eigenvalue weighted by atomic mass is 35.5. The number of benzene rings is 2. The molecule has 0 bridgehead atoms. The molecule has 5 heteroatoms. The molecule has 0 aliphatic heterocycles. The van der Waals surface area contributed by atoms with E-state index in [1.165, 1.54) is 4.80 Å². The van der Waals surface area contributed by atoms with Gasteiger partial charge in [-0.25, -0.2) is 0 Å². The van der Waals surface area contributed by atoms with E-state index in [4.69, 9.17) is 11.6 Å². The zero-order chi connectivity index (χ0) is 15.2. The number of fused-ring (bicyclic) bond motifs is 1. The van der Waals surface area contributed by atoms with E-state index in [1.807, 2.05) is 30.3 Å². The zero-order valence-corrected chi connectivity index (χ0v) is 12.9. The van der Waals surface area contributed by atoms with Crippen LogP contribution in [0.1, 0.15) is 26.3 Å². The minimum absolute atomic E-state index is 0.00928. The summed E-state index contributed by atoms with van der Waals surface area (Å²) in [7, 11) is 0. The van der Waals surface area contributed by atoms with Crippen molar-refractivity contribution < 1.29 is 5.11 Å². The molecule has 3 rings (SSSR count). The van der Waals surface area contributed by atoms with Crippen LogP contribution >= 0.6 is 11.6 Å². The molecule has 0 atom stereocenters. The Morgan fingerprint density at radius 2 is 1.62 bits per heavy atom. The minimum atomic E-state index is -0.0847. The number of halogens is 1. The third-order valence-electron chi connectivity index (χ3n) is 3.41. The molecule has 1 aromatic heterocycles. The molecule has 0 fully saturated rings. The molecule has 21 heavy (non-hydrogen) atoms. The summed E-state index contributed by atoms with van der Waals surface area (Å²) in [5.41, 5.74) is 2.97. The molecule has 108 valence electrons. The Labute approximate surface area is 128 Å². The first-order valence-corrected chi connectivity index (χ1v) is 7.09. The van der Waals surface area contributed by atoms with Gasteiger partial charge in [-0.15, -0.1) is 15.0 Å². The van der Waals surface area contributed by atoms with Gasteiger partial charge in [0.25, 0.3) is 0 Å². The number of aromatic nitrogens is 3. The third kappa shape index (κ3) is 2.47. The summed E-state index contributed by atoms with van der Waals surface area (Å²) in [5.74, 6) is -0.00928. The first-order valence-electron chi connectivity index (χ1n) is 6.72. The minimum Gasteiger partial charge on any atom is -0.504 e. The molecule has 0 saturated carbocycles. The van der Waals surface area contributed by atoms with Crippen molar-refractivity contribution in [2.24, 2.45) is 0 Å². The van der Waals surface area contributed by atoms with E-state index in [1.54, 1.807) is 6.07 Å². The molecule has 0 amide bonds. The lowest BCUT2D eigenvalue weighted by Crippen LogP contribution is -2.12. The van der Waals surface area contributed by atoms with Crippen molar-refractivity contribution in [3.8, 4) is 11.4 Å². The van der Waals surface area contributed by atoms with E-state index in [9.17, 15) is 5.11 Å². The molecule has 0 aliphatic rings. The van der Waals surface area contributed by atoms with E-state index >= 15 is 0 Å². The van der Waals surface area contributed by atoms with E-state index in [-0.39, 0.29) is 11.2 Å². The van der Waals surface area contributed by atoms with Gasteiger partial charge in [0.15, 0.2) is 5.75 Å². The standard InChI is InChI=1S/C16H16ClN3O/c1-16(2,3)10-8-11(17)15(21)14(9-10)20-18-12-6-4-5-7-13(12)19-20/h4-9,21H,1-3H3. The highest BCUT2D eigenvalue weighted by Crippen LogP contribution is 2.35. The second-order valence-electron chi connectivity index (χ2n) is 6.05. The van der Waals surface area contributed by atoms with Gasteiger partial charge >= 0.3 is 0 Å². The second kappa shape index (κ2) is 4.74. The topological polar surface area (TPSA) is 50.9 Å². The molecular formula is C16H16ClN3O. The second-order valence-corrected chi connectivity index (χ2v) is 6.46. The fourth-order valence-corrected chi connectivity index (χ4v) is 2.35. The Kier molecular flexibility index (Phi) is 3.14. The molecule has 0 aliphatic carbocycles. The van der Waals surface area contributed by atoms with Crippen LogP contribution in [0.2, 0.25) is 5.02 Å². The van der Waals surface area contributed by atoms with Gasteiger partial charge in [0.2, 0.25) is 0 Å². The molecule has 1 heterocycles. The third-order valence-corrected chi connectivity index (χ3v) is 3.70. The molecule has 3 aromatic rings. The molecule has 0 radical (unpaired) electrons. The van der Waals surface area contributed by atoms with E-state index in [2.05, 4.69) is 31.0 Å². The quantitative estimate of drug-likeness (QED) is 0.737. The largest absolute Gasteiger partial charge is 0.504 e. The molecule has 1 N–H and O–H groups in total. The molecule has 2 aromatic carbocycles. The summed E-state index contributed by atoms with van der Waals surface area (Å²) in [6.45, 7) is 6.27. The molecule has 0 saturated heterocycles. The van der Waals surface area contributed by atoms with Gasteiger partial charge in [-0.1, -0.05) is 44.5 Å². The lowest BCUT2D eigenvalue weighted by molar-refractivity contribution is 0.466. The van der Waals surface area contributed by atoms with Crippen LogP contribution in [0.5, 0.6) is 5.75 Å². The van der Waals surface area contributed by atoms with Crippen LogP contribution in [0.3, 0.4) is 0 Å². The summed E-state index contributed by atoms with van der Waals surface area (Å²) in [6, 6.07) is 11.2. The van der Waals surface area contributed by atoms with Crippen molar-refractivity contribution in [2.45, 2.75) is 26.2 Å². The lowest BCUT2D eigenvalue weighted by Gasteiger charge is -2.20. The van der Waals surface area contributed by atoms with Crippen molar-refractivity contribution in [1.82, 2.24) is 15.0 Å². The predicted molar refractivity (Wildman–Crippen MR) is 84.2 cm³/mol. The SMILES string of the molecule is CC(C)(C)c1cc(Cl)c(O)c(-n2nc3ccccc3n2)c1. The first kappa shape index (κ1) is 13.9. The normalized spacial score (nSPS) is 12.0. The Bertz CT molecular complexity index is 785. The van der Waals surface area contributed by atoms with Crippen molar-refractivity contribution in [3.63, 3.8) is 0 Å². The van der Waals surface area contributed by atoms with Crippen LogP contribution in [0.25, 0.3) is 16.7 Å². The summed E-state index contributed by atoms with van der Waals surface area (Å²) < 4.78 is 0. The van der Waals surface area contributed by atoms with Crippen LogP contribution < -0.4 is 0 Å². The van der Waals surface area contributed by atoms with Crippen molar-refractivity contribution in [2.75, 3.05) is 0 Å². The van der Waals surface area contributed by atoms with E-state index in [0.29, 0.717) is 10.7 Å². The molecule has 0 spiro atoms. The van der Waals surface area contributed by atoms with Gasteiger partial charge in [0.1, 0.15) is 16.7 Å². The zero-order valence-electron chi connectivity index (χ0n) is 12.1. The maximum Gasteiger partial charge on any atom is 0.161 e. The number of phenolic OH excluding ortho intramolecular Hbond substituents is 1. The summed E-state index contributed by atoms with van der Waals surface area (Å²) in [5, 5.41) is 19.3. The van der Waals surface area contributed by atoms with Crippen LogP contribution in [0.15, 0.2) is 36.4 Å². The van der Waals surface area contributed by atoms with Gasteiger partial charge < -0.3 is 5.11 Å². The van der Waals surface area contributed by atoms with Crippen molar-refractivity contribution >= 4 is 22.6 Å². The Balaban J connectivity index is 2.23. The summed E-state index contributed by atoms with van der Waals surface area (Å²) in [6.07, 6.45) is 0. The number of nitrogens with zero attached hydrogens (tertiary/aromatic N) is 3. The highest BCUT2D eigenvalue weighted by Gasteiger charge is 2.20. The maximum absolute atomic E-state index is 10.2. The lowest BCUT2D eigenvalue weighted by atomic mass is 9.87. The molecule has 0 unspecified atom stereocenters. The maximum atomic E-state index is 10.2. The fraction of sp³-hybridized carbons (Fsp3) is 0.250. The van der Waals surface area contributed by atoms with Gasteiger partial charge in [0.05, 0.1) is 5.02 Å². The number of rotatable bonds is 1. The van der Waals surface area contributed by atoms with Crippen molar-refractivity contribution in [3.05, 3.63) is 47.0 Å². The van der Waals surface area contributed by atoms with Crippen molar-refractivity contribution in [1.29, 1.82) is 0 Å². The smallest absolute Gasteiger partial charge is 0.161 e. The van der Waals surface area contributed by atoms with E-state index in [0.717, 1.165) is 16.6 Å². The van der Waals surface area contributed by atoms with Gasteiger partial charge in [-0.2, -0.15) is 0 Å². The molecular weight excluding hydrogens is 286 g/mol. The van der Waals surface area contributed by atoms with Crippen LogP contribution in [-0.2, 0) is 5.41 Å².